The summed E-state index contributed by atoms with van der Waals surface area (Å²) in [5, 5.41) is 7.38. The highest BCUT2D eigenvalue weighted by Gasteiger charge is 2.30. The molecule has 0 spiro atoms. The zero-order valence-corrected chi connectivity index (χ0v) is 17.9. The molecule has 0 saturated heterocycles. The van der Waals surface area contributed by atoms with Gasteiger partial charge in [0.15, 0.2) is 0 Å². The van der Waals surface area contributed by atoms with Crippen molar-refractivity contribution < 1.29 is 13.2 Å². The van der Waals surface area contributed by atoms with Gasteiger partial charge in [0.2, 0.25) is 5.91 Å². The van der Waals surface area contributed by atoms with Gasteiger partial charge in [-0.2, -0.15) is 5.10 Å². The van der Waals surface area contributed by atoms with Gasteiger partial charge in [0.25, 0.3) is 10.0 Å². The number of rotatable bonds is 7. The number of benzene rings is 2. The Balaban J connectivity index is 1.27. The second-order valence-corrected chi connectivity index (χ2v) is 8.89. The van der Waals surface area contributed by atoms with E-state index in [-0.39, 0.29) is 23.2 Å². The van der Waals surface area contributed by atoms with Crippen LogP contribution in [-0.4, -0.2) is 43.0 Å². The molecule has 160 valence electrons. The number of hydrogen-bond acceptors (Lipinski definition) is 5. The number of sulfonamides is 1. The zero-order valence-electron chi connectivity index (χ0n) is 17.1. The average Bonchev–Trinajstić information content (AvgIpc) is 3.27. The first-order chi connectivity index (χ1) is 14.9. The van der Waals surface area contributed by atoms with Gasteiger partial charge < -0.3 is 5.32 Å². The van der Waals surface area contributed by atoms with E-state index in [1.54, 1.807) is 18.2 Å². The molecule has 0 bridgehead atoms. The lowest BCUT2D eigenvalue weighted by atomic mass is 10.1. The van der Waals surface area contributed by atoms with Gasteiger partial charge in [0.1, 0.15) is 12.4 Å². The van der Waals surface area contributed by atoms with E-state index in [1.165, 1.54) is 6.07 Å². The minimum Gasteiger partial charge on any atom is -0.354 e. The average molecular weight is 438 g/mol. The maximum Gasteiger partial charge on any atom is 0.263 e. The van der Waals surface area contributed by atoms with Crippen molar-refractivity contribution in [2.24, 2.45) is 4.99 Å². The Hall–Kier alpha value is -3.46. The second-order valence-electron chi connectivity index (χ2n) is 7.24. The number of aromatic nitrogens is 2. The predicted octanol–water partition coefficient (Wildman–Crippen LogP) is 1.97. The van der Waals surface area contributed by atoms with Crippen LogP contribution in [0.25, 0.3) is 5.69 Å². The van der Waals surface area contributed by atoms with Gasteiger partial charge in [-0.15, -0.1) is 0 Å². The van der Waals surface area contributed by atoms with Crippen LogP contribution in [0.2, 0.25) is 0 Å². The second kappa shape index (κ2) is 8.73. The monoisotopic (exact) mass is 437 g/mol. The number of aliphatic imine (C=N–C) groups is 1. The molecule has 2 heterocycles. The first kappa shape index (κ1) is 20.8. The van der Waals surface area contributed by atoms with Crippen LogP contribution in [0.15, 0.2) is 70.7 Å². The normalized spacial score (nSPS) is 15.5. The third-order valence-electron chi connectivity index (χ3n) is 5.01. The van der Waals surface area contributed by atoms with Gasteiger partial charge in [0.05, 0.1) is 16.3 Å². The Morgan fingerprint density at radius 2 is 1.87 bits per heavy atom. The van der Waals surface area contributed by atoms with Gasteiger partial charge in [-0.1, -0.05) is 30.3 Å². The van der Waals surface area contributed by atoms with Crippen LogP contribution in [0.4, 0.5) is 0 Å². The Morgan fingerprint density at radius 1 is 1.13 bits per heavy atom. The van der Waals surface area contributed by atoms with Crippen molar-refractivity contribution in [1.82, 2.24) is 19.8 Å². The van der Waals surface area contributed by atoms with Gasteiger partial charge in [-0.3, -0.25) is 14.5 Å². The molecule has 0 unspecified atom stereocenters. The topological polar surface area (TPSA) is 105 Å². The number of hydrogen-bond donors (Lipinski definition) is 2. The number of nitrogens with one attached hydrogen (secondary N) is 2. The minimum absolute atomic E-state index is 0.142. The number of carbonyl (C=O) groups excluding carboxylic acids is 1. The van der Waals surface area contributed by atoms with Crippen LogP contribution >= 0.6 is 0 Å². The van der Waals surface area contributed by atoms with Gasteiger partial charge in [-0.05, 0) is 49.6 Å². The van der Waals surface area contributed by atoms with Crippen molar-refractivity contribution in [2.75, 3.05) is 13.1 Å². The molecule has 0 saturated carbocycles. The van der Waals surface area contributed by atoms with Gasteiger partial charge in [-0.25, -0.2) is 13.1 Å². The SMILES string of the molecule is Cc1nn(-c2ccccc2)cc1CCCNC(=O)CN=C1NS(=O)(=O)c2ccccc21. The van der Waals surface area contributed by atoms with Crippen LogP contribution in [0.1, 0.15) is 23.2 Å². The highest BCUT2D eigenvalue weighted by atomic mass is 32.2. The molecule has 31 heavy (non-hydrogen) atoms. The number of nitrogens with zero attached hydrogens (tertiary/aromatic N) is 3. The Kier molecular flexibility index (Phi) is 5.85. The Morgan fingerprint density at radius 3 is 2.68 bits per heavy atom. The summed E-state index contributed by atoms with van der Waals surface area (Å²) in [5.41, 5.74) is 3.60. The number of carbonyl (C=O) groups is 1. The summed E-state index contributed by atoms with van der Waals surface area (Å²) in [6, 6.07) is 16.5. The fourth-order valence-corrected chi connectivity index (χ4v) is 4.67. The van der Waals surface area contributed by atoms with Crippen molar-refractivity contribution in [3.63, 3.8) is 0 Å². The van der Waals surface area contributed by atoms with Gasteiger partial charge in [0, 0.05) is 18.3 Å². The molecule has 0 atom stereocenters. The largest absolute Gasteiger partial charge is 0.354 e. The molecule has 1 amide bonds. The van der Waals surface area contributed by atoms with Crippen LogP contribution < -0.4 is 10.0 Å². The Labute approximate surface area is 181 Å². The summed E-state index contributed by atoms with van der Waals surface area (Å²) in [7, 11) is -3.60. The molecule has 1 aromatic heterocycles. The van der Waals surface area contributed by atoms with Crippen molar-refractivity contribution in [2.45, 2.75) is 24.7 Å². The van der Waals surface area contributed by atoms with Crippen LogP contribution in [0, 0.1) is 6.92 Å². The first-order valence-corrected chi connectivity index (χ1v) is 11.5. The maximum atomic E-state index is 12.1. The number of para-hydroxylation sites is 1. The van der Waals surface area contributed by atoms with Crippen molar-refractivity contribution in [1.29, 1.82) is 0 Å². The minimum atomic E-state index is -3.60. The van der Waals surface area contributed by atoms with Crippen molar-refractivity contribution in [3.8, 4) is 5.69 Å². The van der Waals surface area contributed by atoms with E-state index < -0.39 is 10.0 Å². The molecule has 4 rings (SSSR count). The van der Waals surface area contributed by atoms with E-state index in [9.17, 15) is 13.2 Å². The molecule has 0 aliphatic carbocycles. The lowest BCUT2D eigenvalue weighted by Crippen LogP contribution is -2.29. The van der Waals surface area contributed by atoms with Gasteiger partial charge >= 0.3 is 0 Å². The molecule has 0 fully saturated rings. The first-order valence-electron chi connectivity index (χ1n) is 9.98. The number of amidine groups is 1. The quantitative estimate of drug-likeness (QED) is 0.551. The lowest BCUT2D eigenvalue weighted by molar-refractivity contribution is -0.119. The number of aryl methyl sites for hydroxylation is 2. The summed E-state index contributed by atoms with van der Waals surface area (Å²) in [6.07, 6.45) is 3.57. The predicted molar refractivity (Wildman–Crippen MR) is 118 cm³/mol. The molecular formula is C22H23N5O3S. The summed E-state index contributed by atoms with van der Waals surface area (Å²) in [5.74, 6) is -0.0533. The maximum absolute atomic E-state index is 12.1. The summed E-state index contributed by atoms with van der Waals surface area (Å²) in [4.78, 5) is 16.5. The summed E-state index contributed by atoms with van der Waals surface area (Å²) < 4.78 is 28.4. The summed E-state index contributed by atoms with van der Waals surface area (Å²) >= 11 is 0. The third-order valence-corrected chi connectivity index (χ3v) is 6.41. The molecule has 1 aliphatic heterocycles. The van der Waals surface area contributed by atoms with E-state index in [2.05, 4.69) is 20.1 Å². The van der Waals surface area contributed by atoms with Crippen LogP contribution in [0.5, 0.6) is 0 Å². The smallest absolute Gasteiger partial charge is 0.263 e. The molecular weight excluding hydrogens is 414 g/mol. The molecule has 1 aliphatic rings. The third kappa shape index (κ3) is 4.66. The van der Waals surface area contributed by atoms with E-state index in [1.807, 2.05) is 48.1 Å². The fraction of sp³-hybridized carbons (Fsp3) is 0.227. The number of fused-ring (bicyclic) bond motifs is 1. The molecule has 0 radical (unpaired) electrons. The van der Waals surface area contributed by atoms with E-state index in [4.69, 9.17) is 0 Å². The fourth-order valence-electron chi connectivity index (χ4n) is 3.42. The van der Waals surface area contributed by atoms with Crippen LogP contribution in [-0.2, 0) is 21.2 Å². The van der Waals surface area contributed by atoms with E-state index in [0.717, 1.165) is 29.8 Å². The molecule has 2 aromatic carbocycles. The molecule has 9 heteroatoms. The summed E-state index contributed by atoms with van der Waals surface area (Å²) in [6.45, 7) is 2.34. The zero-order chi connectivity index (χ0) is 21.8. The highest BCUT2D eigenvalue weighted by molar-refractivity contribution is 7.90. The lowest BCUT2D eigenvalue weighted by Gasteiger charge is -2.04. The highest BCUT2D eigenvalue weighted by Crippen LogP contribution is 2.22. The van der Waals surface area contributed by atoms with E-state index >= 15 is 0 Å². The van der Waals surface area contributed by atoms with Crippen molar-refractivity contribution >= 4 is 21.8 Å². The molecule has 2 N–H and O–H groups in total. The Bertz CT molecular complexity index is 1230. The standard InChI is InChI=1S/C22H23N5O3S/c1-16-17(15-27(25-16)18-9-3-2-4-10-18)8-7-13-23-21(28)14-24-22-19-11-5-6-12-20(19)31(29,30)26-22/h2-6,9-12,15H,7-8,13-14H2,1H3,(H,23,28)(H,24,26). The number of amides is 1. The van der Waals surface area contributed by atoms with Crippen molar-refractivity contribution in [3.05, 3.63) is 77.6 Å². The van der Waals surface area contributed by atoms with E-state index in [0.29, 0.717) is 12.1 Å². The van der Waals surface area contributed by atoms with Crippen LogP contribution in [0.3, 0.4) is 0 Å². The molecule has 8 nitrogen and oxygen atoms in total. The molecule has 3 aromatic rings.